The van der Waals surface area contributed by atoms with Gasteiger partial charge in [-0.05, 0) is 63.8 Å². The first kappa shape index (κ1) is 13.2. The Bertz CT molecular complexity index is 564. The molecule has 2 aromatic carbocycles. The maximum atomic E-state index is 13.3. The van der Waals surface area contributed by atoms with Crippen molar-refractivity contribution < 1.29 is 13.9 Å². The normalized spacial score (nSPS) is 12.5. The zero-order valence-electron chi connectivity index (χ0n) is 9.62. The average Bonchev–Trinajstić information content (AvgIpc) is 2.30. The minimum atomic E-state index is -0.976. The van der Waals surface area contributed by atoms with E-state index in [4.69, 9.17) is 0 Å². The summed E-state index contributed by atoms with van der Waals surface area (Å²) in [5.74, 6) is -0.799. The summed E-state index contributed by atoms with van der Waals surface area (Å²) >= 11 is 3.06. The molecule has 0 spiro atoms. The lowest BCUT2D eigenvalue weighted by Crippen LogP contribution is -2.01. The number of hydrogen-bond donors (Lipinski definition) is 1. The van der Waals surface area contributed by atoms with Crippen LogP contribution in [-0.4, -0.2) is 5.11 Å². The Hall–Kier alpha value is -1.26. The van der Waals surface area contributed by atoms with Gasteiger partial charge in [-0.2, -0.15) is 0 Å². The monoisotopic (exact) mass is 312 g/mol. The van der Waals surface area contributed by atoms with E-state index in [-0.39, 0.29) is 4.47 Å². The summed E-state index contributed by atoms with van der Waals surface area (Å²) in [5.41, 5.74) is 1.68. The Morgan fingerprint density at radius 3 is 2.39 bits per heavy atom. The molecule has 0 aliphatic rings. The van der Waals surface area contributed by atoms with Gasteiger partial charge in [0.15, 0.2) is 0 Å². The van der Waals surface area contributed by atoms with E-state index in [9.17, 15) is 13.9 Å². The minimum Gasteiger partial charge on any atom is -0.384 e. The Labute approximate surface area is 112 Å². The quantitative estimate of drug-likeness (QED) is 0.884. The molecule has 94 valence electrons. The van der Waals surface area contributed by atoms with Crippen LogP contribution in [0.25, 0.3) is 0 Å². The van der Waals surface area contributed by atoms with Crippen molar-refractivity contribution in [3.05, 3.63) is 69.2 Å². The van der Waals surface area contributed by atoms with E-state index >= 15 is 0 Å². The number of aliphatic hydroxyl groups excluding tert-OH is 1. The Morgan fingerprint density at radius 2 is 1.78 bits per heavy atom. The van der Waals surface area contributed by atoms with E-state index in [2.05, 4.69) is 15.9 Å². The molecule has 1 unspecified atom stereocenters. The van der Waals surface area contributed by atoms with Crippen LogP contribution in [0.3, 0.4) is 0 Å². The second-order valence-corrected chi connectivity index (χ2v) is 4.99. The third-order valence-corrected chi connectivity index (χ3v) is 3.25. The predicted molar refractivity (Wildman–Crippen MR) is 69.3 cm³/mol. The third kappa shape index (κ3) is 2.76. The molecule has 4 heteroatoms. The fourth-order valence-corrected chi connectivity index (χ4v) is 2.19. The van der Waals surface area contributed by atoms with E-state index in [1.807, 2.05) is 0 Å². The highest BCUT2D eigenvalue weighted by Crippen LogP contribution is 2.27. The van der Waals surface area contributed by atoms with Crippen LogP contribution in [0.5, 0.6) is 0 Å². The van der Waals surface area contributed by atoms with Gasteiger partial charge in [-0.25, -0.2) is 8.78 Å². The highest BCUT2D eigenvalue weighted by atomic mass is 79.9. The summed E-state index contributed by atoms with van der Waals surface area (Å²) < 4.78 is 26.6. The number of halogens is 3. The molecule has 18 heavy (non-hydrogen) atoms. The molecule has 0 aliphatic heterocycles. The molecule has 2 rings (SSSR count). The van der Waals surface area contributed by atoms with E-state index in [1.165, 1.54) is 30.3 Å². The number of aliphatic hydroxyl groups is 1. The van der Waals surface area contributed by atoms with Crippen LogP contribution in [0.2, 0.25) is 0 Å². The SMILES string of the molecule is Cc1cc(F)cc(C(O)c2ccc(F)c(Br)c2)c1. The first-order valence-electron chi connectivity index (χ1n) is 5.37. The smallest absolute Gasteiger partial charge is 0.137 e. The zero-order valence-corrected chi connectivity index (χ0v) is 11.2. The average molecular weight is 313 g/mol. The molecule has 0 fully saturated rings. The molecule has 2 aromatic rings. The maximum absolute atomic E-state index is 13.3. The molecule has 0 amide bonds. The number of aryl methyl sites for hydroxylation is 1. The van der Waals surface area contributed by atoms with Crippen LogP contribution in [0.1, 0.15) is 22.8 Å². The van der Waals surface area contributed by atoms with E-state index in [0.29, 0.717) is 11.1 Å². The third-order valence-electron chi connectivity index (χ3n) is 2.64. The molecule has 0 heterocycles. The summed E-state index contributed by atoms with van der Waals surface area (Å²) in [7, 11) is 0. The predicted octanol–water partition coefficient (Wildman–Crippen LogP) is 4.12. The summed E-state index contributed by atoms with van der Waals surface area (Å²) in [5, 5.41) is 10.1. The molecule has 0 saturated heterocycles. The van der Waals surface area contributed by atoms with Gasteiger partial charge in [-0.1, -0.05) is 12.1 Å². The standard InChI is InChI=1S/C14H11BrF2O/c1-8-4-10(6-11(16)5-8)14(18)9-2-3-13(17)12(15)7-9/h2-7,14,18H,1H3. The first-order valence-corrected chi connectivity index (χ1v) is 6.17. The summed E-state index contributed by atoms with van der Waals surface area (Å²) in [4.78, 5) is 0. The summed E-state index contributed by atoms with van der Waals surface area (Å²) in [6.45, 7) is 1.75. The largest absolute Gasteiger partial charge is 0.384 e. The van der Waals surface area contributed by atoms with Gasteiger partial charge in [-0.15, -0.1) is 0 Å². The molecule has 0 aromatic heterocycles. The highest BCUT2D eigenvalue weighted by molar-refractivity contribution is 9.10. The van der Waals surface area contributed by atoms with Crippen molar-refractivity contribution in [2.75, 3.05) is 0 Å². The number of benzene rings is 2. The van der Waals surface area contributed by atoms with Crippen molar-refractivity contribution in [2.24, 2.45) is 0 Å². The van der Waals surface area contributed by atoms with E-state index in [0.717, 1.165) is 5.56 Å². The summed E-state index contributed by atoms with van der Waals surface area (Å²) in [6.07, 6.45) is -0.976. The van der Waals surface area contributed by atoms with E-state index in [1.54, 1.807) is 13.0 Å². The van der Waals surface area contributed by atoms with Gasteiger partial charge in [0.05, 0.1) is 4.47 Å². The Morgan fingerprint density at radius 1 is 1.06 bits per heavy atom. The van der Waals surface area contributed by atoms with Crippen molar-refractivity contribution in [2.45, 2.75) is 13.0 Å². The molecular formula is C14H11BrF2O. The Kier molecular flexibility index (Phi) is 3.78. The molecule has 0 saturated carbocycles. The second kappa shape index (κ2) is 5.16. The van der Waals surface area contributed by atoms with Crippen molar-refractivity contribution in [3.8, 4) is 0 Å². The second-order valence-electron chi connectivity index (χ2n) is 4.14. The van der Waals surface area contributed by atoms with Gasteiger partial charge in [0.1, 0.15) is 17.7 Å². The molecular weight excluding hydrogens is 302 g/mol. The minimum absolute atomic E-state index is 0.271. The van der Waals surface area contributed by atoms with Crippen LogP contribution in [0, 0.1) is 18.6 Å². The Balaban J connectivity index is 2.40. The zero-order chi connectivity index (χ0) is 13.3. The topological polar surface area (TPSA) is 20.2 Å². The molecule has 0 aliphatic carbocycles. The molecule has 0 bridgehead atoms. The van der Waals surface area contributed by atoms with Crippen LogP contribution in [-0.2, 0) is 0 Å². The van der Waals surface area contributed by atoms with Gasteiger partial charge in [0.2, 0.25) is 0 Å². The molecule has 0 radical (unpaired) electrons. The van der Waals surface area contributed by atoms with Crippen molar-refractivity contribution in [3.63, 3.8) is 0 Å². The molecule has 1 atom stereocenters. The lowest BCUT2D eigenvalue weighted by Gasteiger charge is -2.13. The fraction of sp³-hybridized carbons (Fsp3) is 0.143. The lowest BCUT2D eigenvalue weighted by molar-refractivity contribution is 0.219. The van der Waals surface area contributed by atoms with Crippen molar-refractivity contribution >= 4 is 15.9 Å². The molecule has 1 N–H and O–H groups in total. The number of rotatable bonds is 2. The van der Waals surface area contributed by atoms with Crippen LogP contribution in [0.15, 0.2) is 40.9 Å². The van der Waals surface area contributed by atoms with Crippen molar-refractivity contribution in [1.82, 2.24) is 0 Å². The lowest BCUT2D eigenvalue weighted by atomic mass is 10.00. The maximum Gasteiger partial charge on any atom is 0.137 e. The number of hydrogen-bond acceptors (Lipinski definition) is 1. The van der Waals surface area contributed by atoms with Gasteiger partial charge in [-0.3, -0.25) is 0 Å². The van der Waals surface area contributed by atoms with Gasteiger partial charge >= 0.3 is 0 Å². The summed E-state index contributed by atoms with van der Waals surface area (Å²) in [6, 6.07) is 8.58. The van der Waals surface area contributed by atoms with Crippen molar-refractivity contribution in [1.29, 1.82) is 0 Å². The fourth-order valence-electron chi connectivity index (χ4n) is 1.80. The van der Waals surface area contributed by atoms with Gasteiger partial charge < -0.3 is 5.11 Å². The van der Waals surface area contributed by atoms with Crippen LogP contribution < -0.4 is 0 Å². The first-order chi connectivity index (χ1) is 8.47. The van der Waals surface area contributed by atoms with E-state index < -0.39 is 17.7 Å². The van der Waals surface area contributed by atoms with Crippen LogP contribution in [0.4, 0.5) is 8.78 Å². The molecule has 1 nitrogen and oxygen atoms in total. The van der Waals surface area contributed by atoms with Gasteiger partial charge in [0, 0.05) is 0 Å². The highest BCUT2D eigenvalue weighted by Gasteiger charge is 2.13. The van der Waals surface area contributed by atoms with Crippen LogP contribution >= 0.6 is 15.9 Å². The van der Waals surface area contributed by atoms with Gasteiger partial charge in [0.25, 0.3) is 0 Å².